The number of carbonyl (C=O) groups is 1. The van der Waals surface area contributed by atoms with Crippen molar-refractivity contribution < 1.29 is 9.63 Å². The Morgan fingerprint density at radius 3 is 2.59 bits per heavy atom. The van der Waals surface area contributed by atoms with E-state index in [9.17, 15) is 4.79 Å². The van der Waals surface area contributed by atoms with Crippen molar-refractivity contribution in [2.45, 2.75) is 51.6 Å². The lowest BCUT2D eigenvalue weighted by molar-refractivity contribution is 0.0942. The zero-order chi connectivity index (χ0) is 20.4. The Balaban J connectivity index is 1.40. The lowest BCUT2D eigenvalue weighted by Gasteiger charge is -2.31. The first-order chi connectivity index (χ1) is 14.0. The molecule has 0 spiro atoms. The average molecular weight is 390 g/mol. The predicted octanol–water partition coefficient (Wildman–Crippen LogP) is 3.17. The second kappa shape index (κ2) is 8.22. The largest absolute Gasteiger partial charge is 0.383 e. The predicted molar refractivity (Wildman–Crippen MR) is 112 cm³/mol. The fourth-order valence-electron chi connectivity index (χ4n) is 4.29. The third-order valence-electron chi connectivity index (χ3n) is 5.98. The number of hydrogen-bond donors (Lipinski definition) is 0. The maximum Gasteiger partial charge on any atom is 0.278 e. The minimum absolute atomic E-state index is 0.154. The summed E-state index contributed by atoms with van der Waals surface area (Å²) in [5, 5.41) is 8.70. The van der Waals surface area contributed by atoms with E-state index in [1.807, 2.05) is 32.0 Å². The Morgan fingerprint density at radius 2 is 1.90 bits per heavy atom. The highest BCUT2D eigenvalue weighted by atomic mass is 16.6. The van der Waals surface area contributed by atoms with Crippen molar-refractivity contribution in [3.05, 3.63) is 52.8 Å². The first-order valence-electron chi connectivity index (χ1n) is 10.1. The number of rotatable bonds is 3. The van der Waals surface area contributed by atoms with Crippen molar-refractivity contribution in [1.82, 2.24) is 14.7 Å². The van der Waals surface area contributed by atoms with Crippen LogP contribution >= 0.6 is 0 Å². The van der Waals surface area contributed by atoms with Crippen LogP contribution in [-0.4, -0.2) is 52.0 Å². The van der Waals surface area contributed by atoms with Gasteiger partial charge in [-0.25, -0.2) is 0 Å². The Morgan fingerprint density at radius 1 is 1.21 bits per heavy atom. The van der Waals surface area contributed by atoms with E-state index in [1.165, 1.54) is 17.5 Å². The summed E-state index contributed by atoms with van der Waals surface area (Å²) in [5.41, 5.74) is 3.98. The lowest BCUT2D eigenvalue weighted by atomic mass is 10.0. The Kier molecular flexibility index (Phi) is 5.50. The molecular weight excluding hydrogens is 364 g/mol. The molecule has 3 heterocycles. The van der Waals surface area contributed by atoms with Crippen LogP contribution < -0.4 is 0 Å². The molecule has 4 rings (SSSR count). The van der Waals surface area contributed by atoms with Crippen LogP contribution in [0.5, 0.6) is 0 Å². The van der Waals surface area contributed by atoms with Crippen LogP contribution in [0.2, 0.25) is 0 Å². The molecule has 1 aromatic heterocycles. The van der Waals surface area contributed by atoms with E-state index >= 15 is 0 Å². The van der Waals surface area contributed by atoms with Gasteiger partial charge in [0.2, 0.25) is 0 Å². The van der Waals surface area contributed by atoms with Gasteiger partial charge in [-0.05, 0) is 45.9 Å². The van der Waals surface area contributed by atoms with E-state index in [4.69, 9.17) is 4.84 Å². The normalized spacial score (nSPS) is 20.9. The van der Waals surface area contributed by atoms with Crippen LogP contribution in [0.1, 0.15) is 53.0 Å². The number of oxime groups is 1. The second-order valence-corrected chi connectivity index (χ2v) is 7.82. The molecule has 0 saturated carbocycles. The fraction of sp³-hybridized carbons (Fsp3) is 0.435. The Hall–Kier alpha value is -2.91. The molecular formula is C23H26N4O2. The minimum atomic E-state index is -0.154. The molecule has 0 amide bonds. The van der Waals surface area contributed by atoms with Crippen molar-refractivity contribution >= 4 is 11.6 Å². The molecule has 0 aliphatic carbocycles. The molecule has 1 aromatic carbocycles. The molecule has 29 heavy (non-hydrogen) atoms. The van der Waals surface area contributed by atoms with Gasteiger partial charge in [-0.1, -0.05) is 35.2 Å². The third kappa shape index (κ3) is 3.96. The van der Waals surface area contributed by atoms with Crippen LogP contribution in [0.25, 0.3) is 0 Å². The first-order valence-corrected chi connectivity index (χ1v) is 10.1. The number of aryl methyl sites for hydroxylation is 1. The molecule has 2 aromatic rings. The standard InChI is InChI=1S/C23H26N4O2/c1-16-22(17(2)27(24-16)23(28)18-8-5-4-6-9-18)10-7-13-29-25-19-14-20-11-12-21(15-19)26(20)3/h4-6,8-9,20-21H,11-15H2,1-3H3. The van der Waals surface area contributed by atoms with Gasteiger partial charge in [-0.15, -0.1) is 0 Å². The van der Waals surface area contributed by atoms with Crippen LogP contribution in [0.4, 0.5) is 0 Å². The number of aromatic nitrogens is 2. The van der Waals surface area contributed by atoms with Crippen LogP contribution in [-0.2, 0) is 4.84 Å². The van der Waals surface area contributed by atoms with Crippen LogP contribution in [0, 0.1) is 25.7 Å². The molecule has 0 N–H and O–H groups in total. The van der Waals surface area contributed by atoms with Gasteiger partial charge < -0.3 is 4.84 Å². The van der Waals surface area contributed by atoms with E-state index in [2.05, 4.69) is 34.0 Å². The molecule has 150 valence electrons. The van der Waals surface area contributed by atoms with Crippen LogP contribution in [0.15, 0.2) is 35.5 Å². The maximum absolute atomic E-state index is 12.7. The van der Waals surface area contributed by atoms with Gasteiger partial charge in [0.1, 0.15) is 0 Å². The summed E-state index contributed by atoms with van der Waals surface area (Å²) >= 11 is 0. The van der Waals surface area contributed by atoms with E-state index in [1.54, 1.807) is 12.1 Å². The number of carbonyl (C=O) groups excluding carboxylic acids is 1. The van der Waals surface area contributed by atoms with Crippen LogP contribution in [0.3, 0.4) is 0 Å². The van der Waals surface area contributed by atoms with Crippen molar-refractivity contribution in [2.75, 3.05) is 13.7 Å². The fourth-order valence-corrected chi connectivity index (χ4v) is 4.29. The molecule has 0 radical (unpaired) electrons. The summed E-state index contributed by atoms with van der Waals surface area (Å²) < 4.78 is 1.42. The first kappa shape index (κ1) is 19.4. The minimum Gasteiger partial charge on any atom is -0.383 e. The van der Waals surface area contributed by atoms with Gasteiger partial charge >= 0.3 is 0 Å². The summed E-state index contributed by atoms with van der Waals surface area (Å²) in [6.45, 7) is 3.95. The van der Waals surface area contributed by atoms with Crippen molar-refractivity contribution in [3.63, 3.8) is 0 Å². The van der Waals surface area contributed by atoms with Gasteiger partial charge in [0.05, 0.1) is 22.7 Å². The Bertz CT molecular complexity index is 981. The van der Waals surface area contributed by atoms with Gasteiger partial charge in [0.15, 0.2) is 6.61 Å². The lowest BCUT2D eigenvalue weighted by Crippen LogP contribution is -2.40. The molecule has 6 nitrogen and oxygen atoms in total. The molecule has 2 aliphatic heterocycles. The zero-order valence-electron chi connectivity index (χ0n) is 17.2. The summed E-state index contributed by atoms with van der Waals surface area (Å²) in [6, 6.07) is 10.4. The van der Waals surface area contributed by atoms with Gasteiger partial charge in [0, 0.05) is 30.5 Å². The second-order valence-electron chi connectivity index (χ2n) is 7.82. The highest BCUT2D eigenvalue weighted by Gasteiger charge is 2.36. The summed E-state index contributed by atoms with van der Waals surface area (Å²) in [5.74, 6) is 5.95. The molecule has 6 heteroatoms. The quantitative estimate of drug-likeness (QED) is 0.459. The molecule has 2 unspecified atom stereocenters. The summed E-state index contributed by atoms with van der Waals surface area (Å²) in [4.78, 5) is 20.6. The zero-order valence-corrected chi connectivity index (χ0v) is 17.2. The highest BCUT2D eigenvalue weighted by Crippen LogP contribution is 2.32. The van der Waals surface area contributed by atoms with Gasteiger partial charge in [-0.2, -0.15) is 9.78 Å². The molecule has 2 saturated heterocycles. The molecule has 2 bridgehead atoms. The Labute approximate surface area is 171 Å². The molecule has 2 fully saturated rings. The van der Waals surface area contributed by atoms with Gasteiger partial charge in [-0.3, -0.25) is 9.69 Å². The average Bonchev–Trinajstić information content (AvgIpc) is 3.11. The monoisotopic (exact) mass is 390 g/mol. The van der Waals surface area contributed by atoms with Crippen molar-refractivity contribution in [2.24, 2.45) is 5.16 Å². The SMILES string of the molecule is Cc1nn(C(=O)c2ccccc2)c(C)c1C#CCON=C1CC2CCC(C1)N2C. The van der Waals surface area contributed by atoms with Crippen molar-refractivity contribution in [3.8, 4) is 11.8 Å². The maximum atomic E-state index is 12.7. The van der Waals surface area contributed by atoms with E-state index in [0.29, 0.717) is 17.6 Å². The van der Waals surface area contributed by atoms with E-state index in [0.717, 1.165) is 35.5 Å². The highest BCUT2D eigenvalue weighted by molar-refractivity contribution is 5.96. The number of fused-ring (bicyclic) bond motifs is 2. The number of benzene rings is 1. The summed E-state index contributed by atoms with van der Waals surface area (Å²) in [7, 11) is 2.21. The smallest absolute Gasteiger partial charge is 0.278 e. The third-order valence-corrected chi connectivity index (χ3v) is 5.98. The molecule has 2 aliphatic rings. The number of piperidine rings is 1. The van der Waals surface area contributed by atoms with Crippen molar-refractivity contribution in [1.29, 1.82) is 0 Å². The van der Waals surface area contributed by atoms with Gasteiger partial charge in [0.25, 0.3) is 5.91 Å². The number of nitrogens with zero attached hydrogens (tertiary/aromatic N) is 4. The topological polar surface area (TPSA) is 59.7 Å². The number of hydrogen-bond acceptors (Lipinski definition) is 5. The molecule has 2 atom stereocenters. The summed E-state index contributed by atoms with van der Waals surface area (Å²) in [6.07, 6.45) is 4.49. The van der Waals surface area contributed by atoms with E-state index in [-0.39, 0.29) is 12.5 Å². The van der Waals surface area contributed by atoms with E-state index < -0.39 is 0 Å².